The summed E-state index contributed by atoms with van der Waals surface area (Å²) in [6, 6.07) is 13.6. The number of anilines is 1. The van der Waals surface area contributed by atoms with Crippen LogP contribution in [0.5, 0.6) is 0 Å². The Balaban J connectivity index is 2.57. The molecule has 2 aromatic rings. The van der Waals surface area contributed by atoms with Crippen LogP contribution in [0.4, 0.5) is 5.69 Å². The number of amides is 1. The number of aryl methyl sites for hydroxylation is 2. The van der Waals surface area contributed by atoms with Gasteiger partial charge >= 0.3 is 0 Å². The molecule has 0 heterocycles. The number of hydrogen-bond donors (Lipinski definition) is 2. The molecular formula is C17H21N3O3S. The molecular weight excluding hydrogens is 326 g/mol. The average Bonchev–Trinajstić information content (AvgIpc) is 2.59. The summed E-state index contributed by atoms with van der Waals surface area (Å²) in [5.41, 5.74) is 4.25. The minimum absolute atomic E-state index is 0.129. The van der Waals surface area contributed by atoms with Crippen molar-refractivity contribution in [2.75, 3.05) is 10.8 Å². The third kappa shape index (κ3) is 3.74. The first kappa shape index (κ1) is 18.0. The summed E-state index contributed by atoms with van der Waals surface area (Å²) in [6.07, 6.45) is 0.639. The average molecular weight is 347 g/mol. The Morgan fingerprint density at radius 2 is 1.75 bits per heavy atom. The van der Waals surface area contributed by atoms with E-state index in [-0.39, 0.29) is 11.4 Å². The fourth-order valence-electron chi connectivity index (χ4n) is 2.37. The first-order chi connectivity index (χ1) is 11.4. The number of para-hydroxylation sites is 1. The van der Waals surface area contributed by atoms with E-state index in [0.29, 0.717) is 12.1 Å². The number of hydrazine groups is 1. The third-order valence-electron chi connectivity index (χ3n) is 3.70. The zero-order valence-electron chi connectivity index (χ0n) is 13.7. The highest BCUT2D eigenvalue weighted by Crippen LogP contribution is 2.27. The summed E-state index contributed by atoms with van der Waals surface area (Å²) in [5, 5.41) is 0. The lowest BCUT2D eigenvalue weighted by Gasteiger charge is -2.25. The molecule has 2 rings (SSSR count). The maximum atomic E-state index is 13.1. The van der Waals surface area contributed by atoms with Gasteiger partial charge in [-0.1, -0.05) is 42.8 Å². The van der Waals surface area contributed by atoms with Crippen LogP contribution in [0, 0.1) is 6.92 Å². The van der Waals surface area contributed by atoms with Crippen LogP contribution in [0.2, 0.25) is 0 Å². The Kier molecular flexibility index (Phi) is 5.58. The van der Waals surface area contributed by atoms with E-state index in [4.69, 9.17) is 5.84 Å². The van der Waals surface area contributed by atoms with Crippen LogP contribution in [-0.2, 0) is 21.2 Å². The van der Waals surface area contributed by atoms with Crippen molar-refractivity contribution in [3.63, 3.8) is 0 Å². The number of benzene rings is 2. The van der Waals surface area contributed by atoms with Gasteiger partial charge in [-0.2, -0.15) is 0 Å². The van der Waals surface area contributed by atoms with Crippen LogP contribution in [0.25, 0.3) is 0 Å². The molecule has 0 spiro atoms. The number of carbonyl (C=O) groups excluding carboxylic acids is 1. The fourth-order valence-corrected chi connectivity index (χ4v) is 3.83. The SMILES string of the molecule is CCc1ccccc1N(CC(=O)NN)S(=O)(=O)c1ccc(C)cc1. The summed E-state index contributed by atoms with van der Waals surface area (Å²) >= 11 is 0. The molecule has 0 aliphatic rings. The molecule has 24 heavy (non-hydrogen) atoms. The first-order valence-electron chi connectivity index (χ1n) is 7.57. The molecule has 128 valence electrons. The lowest BCUT2D eigenvalue weighted by molar-refractivity contribution is -0.119. The second-order valence-electron chi connectivity index (χ2n) is 5.37. The van der Waals surface area contributed by atoms with E-state index in [0.717, 1.165) is 15.4 Å². The van der Waals surface area contributed by atoms with Gasteiger partial charge in [-0.3, -0.25) is 14.5 Å². The number of rotatable bonds is 6. The van der Waals surface area contributed by atoms with Gasteiger partial charge in [0.25, 0.3) is 15.9 Å². The minimum atomic E-state index is -3.89. The van der Waals surface area contributed by atoms with Crippen molar-refractivity contribution in [3.05, 3.63) is 59.7 Å². The summed E-state index contributed by atoms with van der Waals surface area (Å²) in [4.78, 5) is 11.9. The number of nitrogens with two attached hydrogens (primary N) is 1. The highest BCUT2D eigenvalue weighted by atomic mass is 32.2. The lowest BCUT2D eigenvalue weighted by Crippen LogP contribution is -2.43. The Morgan fingerprint density at radius 3 is 2.33 bits per heavy atom. The van der Waals surface area contributed by atoms with Crippen molar-refractivity contribution in [1.82, 2.24) is 5.43 Å². The molecule has 3 N–H and O–H groups in total. The quantitative estimate of drug-likeness (QED) is 0.473. The summed E-state index contributed by atoms with van der Waals surface area (Å²) in [5.74, 6) is 4.56. The Morgan fingerprint density at radius 1 is 1.12 bits per heavy atom. The monoisotopic (exact) mass is 347 g/mol. The van der Waals surface area contributed by atoms with E-state index in [2.05, 4.69) is 0 Å². The van der Waals surface area contributed by atoms with Crippen LogP contribution < -0.4 is 15.6 Å². The van der Waals surface area contributed by atoms with Gasteiger partial charge in [-0.15, -0.1) is 0 Å². The molecule has 0 aliphatic carbocycles. The molecule has 0 radical (unpaired) electrons. The van der Waals surface area contributed by atoms with E-state index >= 15 is 0 Å². The van der Waals surface area contributed by atoms with Gasteiger partial charge in [-0.05, 0) is 37.1 Å². The number of nitrogens with one attached hydrogen (secondary N) is 1. The van der Waals surface area contributed by atoms with Crippen molar-refractivity contribution in [2.45, 2.75) is 25.2 Å². The van der Waals surface area contributed by atoms with Crippen LogP contribution in [0.3, 0.4) is 0 Å². The van der Waals surface area contributed by atoms with Crippen molar-refractivity contribution in [1.29, 1.82) is 0 Å². The molecule has 0 aliphatic heterocycles. The second kappa shape index (κ2) is 7.46. The van der Waals surface area contributed by atoms with Gasteiger partial charge in [0.2, 0.25) is 0 Å². The van der Waals surface area contributed by atoms with Gasteiger partial charge in [0, 0.05) is 0 Å². The molecule has 0 fully saturated rings. The Hall–Kier alpha value is -2.38. The van der Waals surface area contributed by atoms with Gasteiger partial charge in [0.05, 0.1) is 10.6 Å². The maximum Gasteiger partial charge on any atom is 0.264 e. The van der Waals surface area contributed by atoms with E-state index in [1.165, 1.54) is 12.1 Å². The van der Waals surface area contributed by atoms with Crippen molar-refractivity contribution >= 4 is 21.6 Å². The molecule has 2 aromatic carbocycles. The predicted octanol–water partition coefficient (Wildman–Crippen LogP) is 1.74. The fraction of sp³-hybridized carbons (Fsp3) is 0.235. The Bertz CT molecular complexity index is 817. The zero-order chi connectivity index (χ0) is 17.7. The molecule has 1 amide bonds. The molecule has 7 heteroatoms. The molecule has 0 aromatic heterocycles. The predicted molar refractivity (Wildman–Crippen MR) is 93.9 cm³/mol. The van der Waals surface area contributed by atoms with Crippen LogP contribution in [-0.4, -0.2) is 20.9 Å². The molecule has 6 nitrogen and oxygen atoms in total. The van der Waals surface area contributed by atoms with E-state index in [1.54, 1.807) is 24.3 Å². The van der Waals surface area contributed by atoms with Gasteiger partial charge in [0.15, 0.2) is 0 Å². The topological polar surface area (TPSA) is 92.5 Å². The number of sulfonamides is 1. The maximum absolute atomic E-state index is 13.1. The minimum Gasteiger partial charge on any atom is -0.293 e. The summed E-state index contributed by atoms with van der Waals surface area (Å²) in [7, 11) is -3.89. The van der Waals surface area contributed by atoms with Crippen LogP contribution in [0.15, 0.2) is 53.4 Å². The van der Waals surface area contributed by atoms with E-state index in [1.807, 2.05) is 31.4 Å². The largest absolute Gasteiger partial charge is 0.293 e. The third-order valence-corrected chi connectivity index (χ3v) is 5.47. The van der Waals surface area contributed by atoms with Gasteiger partial charge in [0.1, 0.15) is 6.54 Å². The summed E-state index contributed by atoms with van der Waals surface area (Å²) in [6.45, 7) is 3.42. The van der Waals surface area contributed by atoms with Crippen LogP contribution >= 0.6 is 0 Å². The van der Waals surface area contributed by atoms with Crippen molar-refractivity contribution < 1.29 is 13.2 Å². The molecule has 0 unspecified atom stereocenters. The summed E-state index contributed by atoms with van der Waals surface area (Å²) < 4.78 is 27.2. The zero-order valence-corrected chi connectivity index (χ0v) is 14.5. The highest BCUT2D eigenvalue weighted by Gasteiger charge is 2.28. The Labute approximate surface area is 142 Å². The number of hydrogen-bond acceptors (Lipinski definition) is 4. The molecule has 0 saturated carbocycles. The number of carbonyl (C=O) groups is 1. The standard InChI is InChI=1S/C17H21N3O3S/c1-3-14-6-4-5-7-16(14)20(12-17(21)19-18)24(22,23)15-10-8-13(2)9-11-15/h4-11H,3,12,18H2,1-2H3,(H,19,21). The first-order valence-corrected chi connectivity index (χ1v) is 9.01. The van der Waals surface area contributed by atoms with E-state index < -0.39 is 15.9 Å². The van der Waals surface area contributed by atoms with E-state index in [9.17, 15) is 13.2 Å². The lowest BCUT2D eigenvalue weighted by atomic mass is 10.1. The number of nitrogens with zero attached hydrogens (tertiary/aromatic N) is 1. The molecule has 0 bridgehead atoms. The van der Waals surface area contributed by atoms with Gasteiger partial charge < -0.3 is 0 Å². The normalized spacial score (nSPS) is 11.1. The van der Waals surface area contributed by atoms with Crippen LogP contribution in [0.1, 0.15) is 18.1 Å². The second-order valence-corrected chi connectivity index (χ2v) is 7.24. The van der Waals surface area contributed by atoms with Crippen molar-refractivity contribution in [2.24, 2.45) is 5.84 Å². The highest BCUT2D eigenvalue weighted by molar-refractivity contribution is 7.92. The molecule has 0 saturated heterocycles. The molecule has 0 atom stereocenters. The van der Waals surface area contributed by atoms with Gasteiger partial charge in [-0.25, -0.2) is 14.3 Å². The van der Waals surface area contributed by atoms with Crippen molar-refractivity contribution in [3.8, 4) is 0 Å². The smallest absolute Gasteiger partial charge is 0.264 e.